The summed E-state index contributed by atoms with van der Waals surface area (Å²) in [6.07, 6.45) is 7.36. The van der Waals surface area contributed by atoms with Crippen molar-refractivity contribution in [1.29, 1.82) is 0 Å². The average Bonchev–Trinajstić information content (AvgIpc) is 1.89. The monoisotopic (exact) mass is 138 g/mol. The molecule has 0 N–H and O–H groups in total. The van der Waals surface area contributed by atoms with Crippen molar-refractivity contribution >= 4 is 0 Å². The molecule has 56 valence electrons. The Balaban J connectivity index is 3.56. The number of hydrogen-bond acceptors (Lipinski definition) is 1. The highest BCUT2D eigenvalue weighted by Crippen LogP contribution is 1.94. The maximum atomic E-state index is 4.98. The fourth-order valence-corrected chi connectivity index (χ4v) is 0.501. The van der Waals surface area contributed by atoms with Crippen LogP contribution in [0.15, 0.2) is 36.6 Å². The SMILES string of the molecule is C=C(C=CC)C=COCC. The van der Waals surface area contributed by atoms with Gasteiger partial charge in [0.15, 0.2) is 0 Å². The number of ether oxygens (including phenoxy) is 1. The van der Waals surface area contributed by atoms with Gasteiger partial charge < -0.3 is 4.74 Å². The van der Waals surface area contributed by atoms with E-state index in [4.69, 9.17) is 4.74 Å². The molecule has 0 aromatic carbocycles. The second-order valence-corrected chi connectivity index (χ2v) is 1.83. The van der Waals surface area contributed by atoms with Gasteiger partial charge in [-0.05, 0) is 25.5 Å². The molecular formula is C9H14O. The molecule has 0 aromatic rings. The summed E-state index contributed by atoms with van der Waals surface area (Å²) in [5.74, 6) is 0. The summed E-state index contributed by atoms with van der Waals surface area (Å²) < 4.78 is 4.98. The topological polar surface area (TPSA) is 9.23 Å². The van der Waals surface area contributed by atoms with E-state index >= 15 is 0 Å². The van der Waals surface area contributed by atoms with Crippen molar-refractivity contribution in [1.82, 2.24) is 0 Å². The van der Waals surface area contributed by atoms with E-state index in [-0.39, 0.29) is 0 Å². The van der Waals surface area contributed by atoms with Gasteiger partial charge in [-0.15, -0.1) is 0 Å². The highest BCUT2D eigenvalue weighted by atomic mass is 16.5. The zero-order valence-corrected chi connectivity index (χ0v) is 6.63. The lowest BCUT2D eigenvalue weighted by Crippen LogP contribution is -1.76. The largest absolute Gasteiger partial charge is 0.501 e. The van der Waals surface area contributed by atoms with E-state index in [2.05, 4.69) is 6.58 Å². The molecule has 0 spiro atoms. The van der Waals surface area contributed by atoms with Crippen LogP contribution in [0.5, 0.6) is 0 Å². The van der Waals surface area contributed by atoms with Crippen LogP contribution in [0.4, 0.5) is 0 Å². The van der Waals surface area contributed by atoms with Gasteiger partial charge in [0.1, 0.15) is 0 Å². The van der Waals surface area contributed by atoms with Gasteiger partial charge in [0.05, 0.1) is 12.9 Å². The Morgan fingerprint density at radius 1 is 1.50 bits per heavy atom. The first-order valence-electron chi connectivity index (χ1n) is 3.41. The van der Waals surface area contributed by atoms with E-state index in [1.807, 2.05) is 32.1 Å². The van der Waals surface area contributed by atoms with Crippen molar-refractivity contribution in [3.8, 4) is 0 Å². The van der Waals surface area contributed by atoms with Gasteiger partial charge >= 0.3 is 0 Å². The standard InChI is InChI=1S/C9H14O/c1-4-6-9(3)7-8-10-5-2/h4,6-8H,3,5H2,1-2H3. The molecule has 1 heteroatoms. The summed E-state index contributed by atoms with van der Waals surface area (Å²) in [5.41, 5.74) is 0.955. The Kier molecular flexibility index (Phi) is 5.54. The molecule has 0 unspecified atom stereocenters. The van der Waals surface area contributed by atoms with Gasteiger partial charge in [0, 0.05) is 0 Å². The molecule has 0 fully saturated rings. The van der Waals surface area contributed by atoms with Gasteiger partial charge in [0.25, 0.3) is 0 Å². The molecule has 0 rings (SSSR count). The van der Waals surface area contributed by atoms with Gasteiger partial charge in [-0.2, -0.15) is 0 Å². The van der Waals surface area contributed by atoms with E-state index in [9.17, 15) is 0 Å². The Morgan fingerprint density at radius 3 is 2.70 bits per heavy atom. The minimum Gasteiger partial charge on any atom is -0.501 e. The van der Waals surface area contributed by atoms with Crippen LogP contribution in [0.2, 0.25) is 0 Å². The van der Waals surface area contributed by atoms with Crippen molar-refractivity contribution in [3.63, 3.8) is 0 Å². The van der Waals surface area contributed by atoms with Crippen molar-refractivity contribution in [2.24, 2.45) is 0 Å². The molecule has 0 aliphatic heterocycles. The van der Waals surface area contributed by atoms with Crippen LogP contribution < -0.4 is 0 Å². The molecule has 0 aliphatic carbocycles. The van der Waals surface area contributed by atoms with Gasteiger partial charge in [0.2, 0.25) is 0 Å². The zero-order valence-electron chi connectivity index (χ0n) is 6.63. The van der Waals surface area contributed by atoms with Crippen LogP contribution in [0.1, 0.15) is 13.8 Å². The molecule has 0 saturated heterocycles. The first-order valence-corrected chi connectivity index (χ1v) is 3.41. The van der Waals surface area contributed by atoms with E-state index in [0.717, 1.165) is 5.57 Å². The lowest BCUT2D eigenvalue weighted by Gasteiger charge is -1.91. The van der Waals surface area contributed by atoms with Crippen molar-refractivity contribution in [3.05, 3.63) is 36.6 Å². The maximum absolute atomic E-state index is 4.98. The third kappa shape index (κ3) is 5.16. The predicted molar refractivity (Wildman–Crippen MR) is 44.7 cm³/mol. The number of allylic oxidation sites excluding steroid dienone is 4. The highest BCUT2D eigenvalue weighted by Gasteiger charge is 1.76. The Bertz CT molecular complexity index is 143. The fourth-order valence-electron chi connectivity index (χ4n) is 0.501. The molecule has 0 atom stereocenters. The molecule has 0 amide bonds. The van der Waals surface area contributed by atoms with Crippen molar-refractivity contribution in [2.75, 3.05) is 6.61 Å². The smallest absolute Gasteiger partial charge is 0.0845 e. The summed E-state index contributed by atoms with van der Waals surface area (Å²) in [6, 6.07) is 0. The summed E-state index contributed by atoms with van der Waals surface area (Å²) in [4.78, 5) is 0. The van der Waals surface area contributed by atoms with Gasteiger partial charge in [-0.1, -0.05) is 18.7 Å². The quantitative estimate of drug-likeness (QED) is 0.428. The molecule has 0 saturated carbocycles. The molecule has 0 aliphatic rings. The van der Waals surface area contributed by atoms with E-state index in [0.29, 0.717) is 6.61 Å². The summed E-state index contributed by atoms with van der Waals surface area (Å²) in [7, 11) is 0. The minimum atomic E-state index is 0.708. The molecule has 0 heterocycles. The molecule has 0 radical (unpaired) electrons. The van der Waals surface area contributed by atoms with E-state index in [1.165, 1.54) is 0 Å². The summed E-state index contributed by atoms with van der Waals surface area (Å²) in [5, 5.41) is 0. The Labute approximate surface area is 62.7 Å². The van der Waals surface area contributed by atoms with Crippen molar-refractivity contribution < 1.29 is 4.74 Å². The lowest BCUT2D eigenvalue weighted by atomic mass is 10.3. The molecule has 0 bridgehead atoms. The Morgan fingerprint density at radius 2 is 2.20 bits per heavy atom. The third-order valence-corrected chi connectivity index (χ3v) is 0.926. The zero-order chi connectivity index (χ0) is 7.82. The van der Waals surface area contributed by atoms with Crippen molar-refractivity contribution in [2.45, 2.75) is 13.8 Å². The fraction of sp³-hybridized carbons (Fsp3) is 0.333. The molecular weight excluding hydrogens is 124 g/mol. The second-order valence-electron chi connectivity index (χ2n) is 1.83. The first kappa shape index (κ1) is 9.02. The van der Waals surface area contributed by atoms with Crippen LogP contribution >= 0.6 is 0 Å². The normalized spacial score (nSPS) is 11.0. The number of hydrogen-bond donors (Lipinski definition) is 0. The van der Waals surface area contributed by atoms with Crippen LogP contribution in [-0.2, 0) is 4.74 Å². The molecule has 1 nitrogen and oxygen atoms in total. The Hall–Kier alpha value is -0.980. The van der Waals surface area contributed by atoms with Gasteiger partial charge in [-0.25, -0.2) is 0 Å². The summed E-state index contributed by atoms with van der Waals surface area (Å²) >= 11 is 0. The average molecular weight is 138 g/mol. The number of rotatable bonds is 4. The van der Waals surface area contributed by atoms with E-state index < -0.39 is 0 Å². The first-order chi connectivity index (χ1) is 4.81. The second kappa shape index (κ2) is 6.14. The highest BCUT2D eigenvalue weighted by molar-refractivity contribution is 5.25. The van der Waals surface area contributed by atoms with Gasteiger partial charge in [-0.3, -0.25) is 0 Å². The maximum Gasteiger partial charge on any atom is 0.0845 e. The van der Waals surface area contributed by atoms with Crippen LogP contribution in [0.3, 0.4) is 0 Å². The molecule has 0 aromatic heterocycles. The third-order valence-electron chi connectivity index (χ3n) is 0.926. The summed E-state index contributed by atoms with van der Waals surface area (Å²) in [6.45, 7) is 8.38. The van der Waals surface area contributed by atoms with E-state index in [1.54, 1.807) is 6.26 Å². The molecule has 10 heavy (non-hydrogen) atoms. The minimum absolute atomic E-state index is 0.708. The lowest BCUT2D eigenvalue weighted by molar-refractivity contribution is 0.269. The van der Waals surface area contributed by atoms with Crippen LogP contribution in [0.25, 0.3) is 0 Å². The van der Waals surface area contributed by atoms with Crippen LogP contribution in [-0.4, -0.2) is 6.61 Å². The predicted octanol–water partition coefficient (Wildman–Crippen LogP) is 2.67. The van der Waals surface area contributed by atoms with Crippen LogP contribution in [0, 0.1) is 0 Å².